The van der Waals surface area contributed by atoms with E-state index < -0.39 is 0 Å². The number of nitrogens with one attached hydrogen (secondary N) is 2. The number of aromatic nitrogens is 5. The molecule has 8 nitrogen and oxygen atoms in total. The number of carbonyl (C=O) groups excluding carboxylic acids is 1. The third-order valence-corrected chi connectivity index (χ3v) is 3.53. The number of nitrogens with two attached hydrogens (primary N) is 1. The summed E-state index contributed by atoms with van der Waals surface area (Å²) in [7, 11) is 0. The van der Waals surface area contributed by atoms with Crippen molar-refractivity contribution >= 4 is 11.7 Å². The van der Waals surface area contributed by atoms with Gasteiger partial charge in [0.05, 0.1) is 11.9 Å². The van der Waals surface area contributed by atoms with Crippen LogP contribution in [0.4, 0.5) is 5.82 Å². The third kappa shape index (κ3) is 4.26. The van der Waals surface area contributed by atoms with E-state index in [1.807, 2.05) is 24.3 Å². The standard InChI is InChI=1S/C16H19N7O/c17-9-14-10-23(22-20-14)11-16(24)18-15-8-13(19-21-15)7-6-12-4-2-1-3-5-12/h1-5,8,10H,6-7,9,11,17H2,(H2,18,19,21,24). The Morgan fingerprint density at radius 2 is 2.08 bits per heavy atom. The Kier molecular flexibility index (Phi) is 4.97. The summed E-state index contributed by atoms with van der Waals surface area (Å²) >= 11 is 0. The van der Waals surface area contributed by atoms with Gasteiger partial charge in [0, 0.05) is 18.3 Å². The van der Waals surface area contributed by atoms with Crippen molar-refractivity contribution in [2.24, 2.45) is 5.73 Å². The number of hydrogen-bond acceptors (Lipinski definition) is 5. The Morgan fingerprint density at radius 1 is 1.25 bits per heavy atom. The number of aryl methyl sites for hydroxylation is 2. The first-order valence-corrected chi connectivity index (χ1v) is 7.70. The number of aromatic amines is 1. The van der Waals surface area contributed by atoms with E-state index in [1.54, 1.807) is 6.20 Å². The van der Waals surface area contributed by atoms with Gasteiger partial charge in [-0.25, -0.2) is 4.68 Å². The predicted octanol–water partition coefficient (Wildman–Crippen LogP) is 0.884. The van der Waals surface area contributed by atoms with E-state index >= 15 is 0 Å². The van der Waals surface area contributed by atoms with Crippen LogP contribution >= 0.6 is 0 Å². The van der Waals surface area contributed by atoms with E-state index in [2.05, 4.69) is 38.0 Å². The minimum atomic E-state index is -0.218. The van der Waals surface area contributed by atoms with Crippen molar-refractivity contribution in [3.05, 3.63) is 59.5 Å². The zero-order chi connectivity index (χ0) is 16.8. The number of carbonyl (C=O) groups is 1. The van der Waals surface area contributed by atoms with E-state index in [1.165, 1.54) is 10.2 Å². The van der Waals surface area contributed by atoms with Crippen molar-refractivity contribution in [3.63, 3.8) is 0 Å². The first-order valence-electron chi connectivity index (χ1n) is 7.70. The van der Waals surface area contributed by atoms with Crippen LogP contribution in [0, 0.1) is 0 Å². The van der Waals surface area contributed by atoms with Crippen LogP contribution in [0.3, 0.4) is 0 Å². The lowest BCUT2D eigenvalue weighted by Crippen LogP contribution is -2.19. The Morgan fingerprint density at radius 3 is 2.83 bits per heavy atom. The summed E-state index contributed by atoms with van der Waals surface area (Å²) in [5.41, 5.74) is 8.34. The molecule has 24 heavy (non-hydrogen) atoms. The molecule has 124 valence electrons. The molecule has 1 aromatic carbocycles. The van der Waals surface area contributed by atoms with E-state index in [4.69, 9.17) is 5.73 Å². The fraction of sp³-hybridized carbons (Fsp3) is 0.250. The summed E-state index contributed by atoms with van der Waals surface area (Å²) in [5.74, 6) is 0.284. The molecule has 0 bridgehead atoms. The lowest BCUT2D eigenvalue weighted by Gasteiger charge is -2.00. The molecule has 0 saturated carbocycles. The quantitative estimate of drug-likeness (QED) is 0.596. The van der Waals surface area contributed by atoms with Crippen molar-refractivity contribution in [3.8, 4) is 0 Å². The molecule has 2 aromatic heterocycles. The van der Waals surface area contributed by atoms with Gasteiger partial charge in [-0.05, 0) is 18.4 Å². The van der Waals surface area contributed by atoms with Crippen molar-refractivity contribution in [1.29, 1.82) is 0 Å². The van der Waals surface area contributed by atoms with Crippen LogP contribution in [0.15, 0.2) is 42.6 Å². The maximum Gasteiger partial charge on any atom is 0.247 e. The molecule has 0 aliphatic carbocycles. The molecule has 8 heteroatoms. The first kappa shape index (κ1) is 15.9. The van der Waals surface area contributed by atoms with Crippen LogP contribution in [0.1, 0.15) is 17.0 Å². The van der Waals surface area contributed by atoms with Crippen LogP contribution in [0.2, 0.25) is 0 Å². The number of nitrogens with zero attached hydrogens (tertiary/aromatic N) is 4. The van der Waals surface area contributed by atoms with Crippen LogP contribution in [-0.2, 0) is 30.7 Å². The molecule has 1 amide bonds. The molecule has 0 aliphatic heterocycles. The van der Waals surface area contributed by atoms with Gasteiger partial charge in [0.15, 0.2) is 5.82 Å². The Balaban J connectivity index is 1.50. The van der Waals surface area contributed by atoms with E-state index in [-0.39, 0.29) is 12.5 Å². The van der Waals surface area contributed by atoms with Crippen molar-refractivity contribution in [2.45, 2.75) is 25.9 Å². The Hall–Kier alpha value is -3.00. The molecular weight excluding hydrogens is 306 g/mol. The minimum absolute atomic E-state index is 0.0687. The largest absolute Gasteiger partial charge is 0.325 e. The Bertz CT molecular complexity index is 794. The molecule has 4 N–H and O–H groups in total. The number of amides is 1. The van der Waals surface area contributed by atoms with E-state index in [9.17, 15) is 4.79 Å². The van der Waals surface area contributed by atoms with Gasteiger partial charge in [0.2, 0.25) is 5.91 Å². The highest BCUT2D eigenvalue weighted by Crippen LogP contribution is 2.09. The molecule has 0 unspecified atom stereocenters. The van der Waals surface area contributed by atoms with Gasteiger partial charge in [-0.1, -0.05) is 35.5 Å². The van der Waals surface area contributed by atoms with Gasteiger partial charge >= 0.3 is 0 Å². The average molecular weight is 325 g/mol. The molecular formula is C16H19N7O. The van der Waals surface area contributed by atoms with Crippen molar-refractivity contribution < 1.29 is 4.79 Å². The summed E-state index contributed by atoms with van der Waals surface area (Å²) in [6.45, 7) is 0.366. The maximum atomic E-state index is 12.0. The van der Waals surface area contributed by atoms with Gasteiger partial charge in [-0.3, -0.25) is 9.89 Å². The first-order chi connectivity index (χ1) is 11.7. The smallest absolute Gasteiger partial charge is 0.247 e. The van der Waals surface area contributed by atoms with Gasteiger partial charge in [0.25, 0.3) is 0 Å². The summed E-state index contributed by atoms with van der Waals surface area (Å²) in [5, 5.41) is 17.5. The van der Waals surface area contributed by atoms with Gasteiger partial charge in [-0.15, -0.1) is 5.10 Å². The molecule has 0 spiro atoms. The third-order valence-electron chi connectivity index (χ3n) is 3.53. The molecule has 3 rings (SSSR count). The summed E-state index contributed by atoms with van der Waals surface area (Å²) < 4.78 is 1.44. The fourth-order valence-corrected chi connectivity index (χ4v) is 2.32. The number of H-pyrrole nitrogens is 1. The zero-order valence-electron chi connectivity index (χ0n) is 13.1. The number of rotatable bonds is 7. The topological polar surface area (TPSA) is 115 Å². The molecule has 0 aliphatic rings. The molecule has 2 heterocycles. The second-order valence-electron chi connectivity index (χ2n) is 5.42. The lowest BCUT2D eigenvalue weighted by molar-refractivity contribution is -0.116. The number of benzene rings is 1. The Labute approximate surface area is 139 Å². The van der Waals surface area contributed by atoms with E-state index in [0.29, 0.717) is 18.1 Å². The average Bonchev–Trinajstić information content (AvgIpc) is 3.23. The van der Waals surface area contributed by atoms with Gasteiger partial charge in [-0.2, -0.15) is 5.10 Å². The van der Waals surface area contributed by atoms with Crippen LogP contribution in [0.5, 0.6) is 0 Å². The molecule has 0 atom stereocenters. The van der Waals surface area contributed by atoms with Crippen LogP contribution < -0.4 is 11.1 Å². The normalized spacial score (nSPS) is 10.7. The van der Waals surface area contributed by atoms with Crippen molar-refractivity contribution in [2.75, 3.05) is 5.32 Å². The number of anilines is 1. The lowest BCUT2D eigenvalue weighted by atomic mass is 10.1. The molecule has 0 radical (unpaired) electrons. The zero-order valence-corrected chi connectivity index (χ0v) is 13.1. The minimum Gasteiger partial charge on any atom is -0.325 e. The molecule has 0 saturated heterocycles. The highest BCUT2D eigenvalue weighted by Gasteiger charge is 2.08. The van der Waals surface area contributed by atoms with Gasteiger partial charge in [0.1, 0.15) is 6.54 Å². The SMILES string of the molecule is NCc1cn(CC(=O)Nc2cc(CCc3ccccc3)[nH]n2)nn1. The van der Waals surface area contributed by atoms with Crippen LogP contribution in [-0.4, -0.2) is 31.1 Å². The highest BCUT2D eigenvalue weighted by atomic mass is 16.2. The monoisotopic (exact) mass is 325 g/mol. The fourth-order valence-electron chi connectivity index (χ4n) is 2.32. The summed E-state index contributed by atoms with van der Waals surface area (Å²) in [6.07, 6.45) is 3.39. The number of hydrogen-bond donors (Lipinski definition) is 3. The van der Waals surface area contributed by atoms with Crippen molar-refractivity contribution in [1.82, 2.24) is 25.2 Å². The predicted molar refractivity (Wildman–Crippen MR) is 89.0 cm³/mol. The second kappa shape index (κ2) is 7.51. The van der Waals surface area contributed by atoms with Gasteiger partial charge < -0.3 is 11.1 Å². The molecule has 3 aromatic rings. The maximum absolute atomic E-state index is 12.0. The summed E-state index contributed by atoms with van der Waals surface area (Å²) in [4.78, 5) is 12.0. The second-order valence-corrected chi connectivity index (χ2v) is 5.42. The summed E-state index contributed by atoms with van der Waals surface area (Å²) in [6, 6.07) is 12.1. The van der Waals surface area contributed by atoms with E-state index in [0.717, 1.165) is 18.5 Å². The van der Waals surface area contributed by atoms with Crippen LogP contribution in [0.25, 0.3) is 0 Å². The highest BCUT2D eigenvalue weighted by molar-refractivity contribution is 5.89. The molecule has 0 fully saturated rings.